The van der Waals surface area contributed by atoms with Gasteiger partial charge in [-0.05, 0) is 24.3 Å². The number of benzene rings is 1. The quantitative estimate of drug-likeness (QED) is 0.550. The van der Waals surface area contributed by atoms with E-state index in [-0.39, 0.29) is 18.9 Å². The van der Waals surface area contributed by atoms with Crippen molar-refractivity contribution in [3.63, 3.8) is 0 Å². The summed E-state index contributed by atoms with van der Waals surface area (Å²) < 4.78 is 9.99. The van der Waals surface area contributed by atoms with Crippen LogP contribution in [0.3, 0.4) is 0 Å². The van der Waals surface area contributed by atoms with Crippen molar-refractivity contribution in [2.24, 2.45) is 0 Å². The number of ether oxygens (including phenoxy) is 1. The molecule has 0 amide bonds. The SMILES string of the molecule is COc1ccc(-c2cnc(C(=O)[O-])o2)cc1.[Li+]. The summed E-state index contributed by atoms with van der Waals surface area (Å²) in [6, 6.07) is 6.99. The van der Waals surface area contributed by atoms with Crippen LogP contribution in [0.1, 0.15) is 10.7 Å². The Bertz CT molecular complexity index is 506. The number of carbonyl (C=O) groups is 1. The fourth-order valence-corrected chi connectivity index (χ4v) is 1.26. The molecule has 0 bridgehead atoms. The molecule has 17 heavy (non-hydrogen) atoms. The van der Waals surface area contributed by atoms with Crippen LogP contribution in [0.5, 0.6) is 5.75 Å². The zero-order valence-corrected chi connectivity index (χ0v) is 9.47. The first-order valence-electron chi connectivity index (χ1n) is 4.52. The van der Waals surface area contributed by atoms with Gasteiger partial charge in [-0.2, -0.15) is 0 Å². The number of hydrogen-bond acceptors (Lipinski definition) is 5. The van der Waals surface area contributed by atoms with Gasteiger partial charge in [0.2, 0.25) is 5.89 Å². The normalized spacial score (nSPS) is 9.47. The molecule has 1 heterocycles. The summed E-state index contributed by atoms with van der Waals surface area (Å²) in [7, 11) is 1.57. The molecule has 0 spiro atoms. The zero-order chi connectivity index (χ0) is 11.5. The first-order chi connectivity index (χ1) is 7.70. The van der Waals surface area contributed by atoms with E-state index in [0.29, 0.717) is 11.5 Å². The average Bonchev–Trinajstić information content (AvgIpc) is 2.78. The van der Waals surface area contributed by atoms with Crippen molar-refractivity contribution in [1.29, 1.82) is 0 Å². The summed E-state index contributed by atoms with van der Waals surface area (Å²) in [6.07, 6.45) is 1.34. The van der Waals surface area contributed by atoms with Gasteiger partial charge < -0.3 is 19.1 Å². The van der Waals surface area contributed by atoms with Gasteiger partial charge in [0.15, 0.2) is 5.76 Å². The molecule has 0 radical (unpaired) electrons. The molecule has 0 unspecified atom stereocenters. The Morgan fingerprint density at radius 2 is 2.00 bits per heavy atom. The van der Waals surface area contributed by atoms with Gasteiger partial charge >= 0.3 is 18.9 Å². The molecule has 0 N–H and O–H groups in total. The van der Waals surface area contributed by atoms with E-state index in [1.54, 1.807) is 31.4 Å². The van der Waals surface area contributed by atoms with Crippen molar-refractivity contribution in [2.45, 2.75) is 0 Å². The number of nitrogens with zero attached hydrogens (tertiary/aromatic N) is 1. The second kappa shape index (κ2) is 5.57. The van der Waals surface area contributed by atoms with Gasteiger partial charge in [0.25, 0.3) is 0 Å². The van der Waals surface area contributed by atoms with Gasteiger partial charge in [-0.25, -0.2) is 4.98 Å². The van der Waals surface area contributed by atoms with Crippen LogP contribution in [0.4, 0.5) is 0 Å². The Balaban J connectivity index is 0.00000144. The average molecular weight is 225 g/mol. The first kappa shape index (κ1) is 13.4. The Kier molecular flexibility index (Phi) is 4.38. The second-order valence-corrected chi connectivity index (χ2v) is 3.05. The Morgan fingerprint density at radius 3 is 2.47 bits per heavy atom. The van der Waals surface area contributed by atoms with Gasteiger partial charge in [-0.15, -0.1) is 0 Å². The van der Waals surface area contributed by atoms with E-state index in [9.17, 15) is 9.90 Å². The van der Waals surface area contributed by atoms with Gasteiger partial charge in [0, 0.05) is 5.56 Å². The smallest absolute Gasteiger partial charge is 0.540 e. The summed E-state index contributed by atoms with van der Waals surface area (Å²) in [6.45, 7) is 0. The molecule has 6 heteroatoms. The van der Waals surface area contributed by atoms with Crippen LogP contribution < -0.4 is 28.7 Å². The Labute approximate surface area is 110 Å². The molecular weight excluding hydrogens is 217 g/mol. The van der Waals surface area contributed by atoms with Crippen LogP contribution in [0.2, 0.25) is 0 Å². The number of carboxylic acids is 1. The minimum absolute atomic E-state index is 0. The fourth-order valence-electron chi connectivity index (χ4n) is 1.26. The molecule has 0 fully saturated rings. The molecule has 0 atom stereocenters. The number of carboxylic acid groups (broad SMARTS) is 1. The molecule has 2 aromatic rings. The molecule has 82 valence electrons. The third-order valence-electron chi connectivity index (χ3n) is 2.05. The number of methoxy groups -OCH3 is 1. The Hall–Kier alpha value is -1.70. The van der Waals surface area contributed by atoms with Crippen molar-refractivity contribution >= 4 is 5.97 Å². The van der Waals surface area contributed by atoms with Crippen LogP contribution in [-0.4, -0.2) is 18.1 Å². The standard InChI is InChI=1S/C11H9NO4.Li/c1-15-8-4-2-7(3-5-8)9-6-12-10(16-9)11(13)14;/h2-6H,1H3,(H,13,14);/q;+1/p-1. The van der Waals surface area contributed by atoms with Gasteiger partial charge in [0.05, 0.1) is 13.3 Å². The van der Waals surface area contributed by atoms with E-state index in [1.807, 2.05) is 0 Å². The molecule has 1 aromatic heterocycles. The molecule has 0 aliphatic heterocycles. The number of aromatic nitrogens is 1. The summed E-state index contributed by atoms with van der Waals surface area (Å²) in [4.78, 5) is 14.0. The van der Waals surface area contributed by atoms with Crippen molar-refractivity contribution < 1.29 is 37.9 Å². The van der Waals surface area contributed by atoms with E-state index in [0.717, 1.165) is 5.56 Å². The van der Waals surface area contributed by atoms with E-state index in [2.05, 4.69) is 4.98 Å². The molecule has 0 saturated heterocycles. The van der Waals surface area contributed by atoms with Crippen LogP contribution in [-0.2, 0) is 0 Å². The van der Waals surface area contributed by atoms with Gasteiger partial charge in [-0.1, -0.05) is 0 Å². The number of aromatic carboxylic acids is 1. The summed E-state index contributed by atoms with van der Waals surface area (Å²) in [5.41, 5.74) is 0.723. The minimum atomic E-state index is -1.43. The maximum Gasteiger partial charge on any atom is 1.00 e. The third kappa shape index (κ3) is 2.90. The second-order valence-electron chi connectivity index (χ2n) is 3.05. The van der Waals surface area contributed by atoms with E-state index < -0.39 is 11.9 Å². The fraction of sp³-hybridized carbons (Fsp3) is 0.0909. The predicted octanol–water partition coefficient (Wildman–Crippen LogP) is -2.28. The van der Waals surface area contributed by atoms with Crippen LogP contribution in [0.15, 0.2) is 34.9 Å². The Morgan fingerprint density at radius 1 is 1.35 bits per heavy atom. The molecule has 0 aliphatic carbocycles. The molecule has 1 aromatic carbocycles. The van der Waals surface area contributed by atoms with Crippen LogP contribution in [0.25, 0.3) is 11.3 Å². The van der Waals surface area contributed by atoms with E-state index in [4.69, 9.17) is 9.15 Å². The monoisotopic (exact) mass is 225 g/mol. The number of carbonyl (C=O) groups excluding carboxylic acids is 1. The summed E-state index contributed by atoms with van der Waals surface area (Å²) in [5, 5.41) is 10.5. The maximum atomic E-state index is 10.5. The van der Waals surface area contributed by atoms with E-state index >= 15 is 0 Å². The molecule has 2 rings (SSSR count). The summed E-state index contributed by atoms with van der Waals surface area (Å²) in [5.74, 6) is -0.768. The van der Waals surface area contributed by atoms with Crippen LogP contribution in [0, 0.1) is 0 Å². The van der Waals surface area contributed by atoms with E-state index in [1.165, 1.54) is 6.20 Å². The van der Waals surface area contributed by atoms with Crippen molar-refractivity contribution in [1.82, 2.24) is 4.98 Å². The third-order valence-corrected chi connectivity index (χ3v) is 2.05. The minimum Gasteiger partial charge on any atom is -0.540 e. The van der Waals surface area contributed by atoms with Crippen LogP contribution >= 0.6 is 0 Å². The molecular formula is C11H8LiNO4. The predicted molar refractivity (Wildman–Crippen MR) is 52.8 cm³/mol. The number of oxazole rings is 1. The van der Waals surface area contributed by atoms with Gasteiger partial charge in [0.1, 0.15) is 11.7 Å². The topological polar surface area (TPSA) is 75.4 Å². The van der Waals surface area contributed by atoms with Gasteiger partial charge in [-0.3, -0.25) is 0 Å². The number of rotatable bonds is 3. The number of hydrogen-bond donors (Lipinski definition) is 0. The molecule has 0 aliphatic rings. The van der Waals surface area contributed by atoms with Crippen molar-refractivity contribution in [2.75, 3.05) is 7.11 Å². The van der Waals surface area contributed by atoms with Crippen molar-refractivity contribution in [3.05, 3.63) is 36.4 Å². The first-order valence-corrected chi connectivity index (χ1v) is 4.52. The zero-order valence-electron chi connectivity index (χ0n) is 9.47. The maximum absolute atomic E-state index is 10.5. The summed E-state index contributed by atoms with van der Waals surface area (Å²) >= 11 is 0. The molecule has 5 nitrogen and oxygen atoms in total. The van der Waals surface area contributed by atoms with Crippen molar-refractivity contribution in [3.8, 4) is 17.1 Å². The molecule has 0 saturated carbocycles. The largest absolute Gasteiger partial charge is 1.00 e.